The monoisotopic (exact) mass is 502 g/mol. The Morgan fingerprint density at radius 2 is 1.85 bits per heavy atom. The standard InChI is InChI=1S/C25H21Cl2FN2O2S/c1-15(24(31)29-13-16-6-9-18(26)10-7-16)23-25(32)30(21-4-2-3-5-22(21)33-23)14-17-8-11-19(28)12-20(17)27/h2-12,15,23H,13-14H2,1H3,(H,29,31)/t15-,23-/m1/s1. The number of hydrogen-bond acceptors (Lipinski definition) is 3. The molecule has 0 spiro atoms. The maximum Gasteiger partial charge on any atom is 0.241 e. The summed E-state index contributed by atoms with van der Waals surface area (Å²) in [5, 5.41) is 3.18. The number of fused-ring (bicyclic) bond motifs is 1. The summed E-state index contributed by atoms with van der Waals surface area (Å²) in [4.78, 5) is 29.0. The Bertz CT molecular complexity index is 1190. The Kier molecular flexibility index (Phi) is 7.27. The molecule has 0 bridgehead atoms. The summed E-state index contributed by atoms with van der Waals surface area (Å²) in [7, 11) is 0. The zero-order valence-electron chi connectivity index (χ0n) is 17.7. The zero-order valence-corrected chi connectivity index (χ0v) is 20.1. The highest BCUT2D eigenvalue weighted by Crippen LogP contribution is 2.42. The van der Waals surface area contributed by atoms with Crippen LogP contribution in [0.3, 0.4) is 0 Å². The van der Waals surface area contributed by atoms with E-state index in [1.54, 1.807) is 30.0 Å². The fraction of sp³-hybridized carbons (Fsp3) is 0.200. The van der Waals surface area contributed by atoms with Crippen LogP contribution in [0.15, 0.2) is 71.6 Å². The second-order valence-electron chi connectivity index (χ2n) is 7.80. The minimum atomic E-state index is -0.607. The molecule has 1 heterocycles. The SMILES string of the molecule is C[C@@H](C(=O)NCc1ccc(Cl)cc1)[C@H]1Sc2ccccc2N(Cc2ccc(F)cc2Cl)C1=O. The quantitative estimate of drug-likeness (QED) is 0.443. The summed E-state index contributed by atoms with van der Waals surface area (Å²) < 4.78 is 13.5. The first-order valence-corrected chi connectivity index (χ1v) is 12.0. The third kappa shape index (κ3) is 5.35. The highest BCUT2D eigenvalue weighted by molar-refractivity contribution is 8.01. The van der Waals surface area contributed by atoms with Crippen molar-refractivity contribution < 1.29 is 14.0 Å². The Morgan fingerprint density at radius 3 is 2.58 bits per heavy atom. The number of carbonyl (C=O) groups excluding carboxylic acids is 2. The lowest BCUT2D eigenvalue weighted by Gasteiger charge is -2.36. The maximum absolute atomic E-state index is 13.5. The molecule has 8 heteroatoms. The van der Waals surface area contributed by atoms with Gasteiger partial charge < -0.3 is 10.2 Å². The average Bonchev–Trinajstić information content (AvgIpc) is 2.81. The Hall–Kier alpha value is -2.54. The molecule has 170 valence electrons. The number of nitrogens with one attached hydrogen (secondary N) is 1. The summed E-state index contributed by atoms with van der Waals surface area (Å²) in [5.41, 5.74) is 2.30. The molecule has 0 saturated carbocycles. The first-order chi connectivity index (χ1) is 15.8. The fourth-order valence-electron chi connectivity index (χ4n) is 3.63. The number of anilines is 1. The average molecular weight is 503 g/mol. The molecule has 4 rings (SSSR count). The van der Waals surface area contributed by atoms with E-state index in [0.717, 1.165) is 16.1 Å². The summed E-state index contributed by atoms with van der Waals surface area (Å²) >= 11 is 13.5. The van der Waals surface area contributed by atoms with Crippen LogP contribution in [0.4, 0.5) is 10.1 Å². The van der Waals surface area contributed by atoms with Crippen molar-refractivity contribution in [3.8, 4) is 0 Å². The molecule has 3 aromatic rings. The summed E-state index contributed by atoms with van der Waals surface area (Å²) in [6, 6.07) is 18.9. The maximum atomic E-state index is 13.5. The molecule has 0 radical (unpaired) electrons. The van der Waals surface area contributed by atoms with E-state index in [9.17, 15) is 14.0 Å². The van der Waals surface area contributed by atoms with E-state index in [4.69, 9.17) is 23.2 Å². The fourth-order valence-corrected chi connectivity index (χ4v) is 5.27. The number of thioether (sulfide) groups is 1. The molecule has 2 atom stereocenters. The summed E-state index contributed by atoms with van der Waals surface area (Å²) in [5.74, 6) is -1.41. The van der Waals surface area contributed by atoms with E-state index >= 15 is 0 Å². The third-order valence-electron chi connectivity index (χ3n) is 5.51. The second-order valence-corrected chi connectivity index (χ2v) is 9.83. The van der Waals surface area contributed by atoms with Crippen LogP contribution in [0.25, 0.3) is 0 Å². The molecule has 1 aliphatic heterocycles. The van der Waals surface area contributed by atoms with Crippen molar-refractivity contribution in [2.75, 3.05) is 4.90 Å². The third-order valence-corrected chi connectivity index (χ3v) is 7.58. The van der Waals surface area contributed by atoms with Gasteiger partial charge in [-0.15, -0.1) is 11.8 Å². The van der Waals surface area contributed by atoms with Gasteiger partial charge in [-0.2, -0.15) is 0 Å². The molecule has 2 amide bonds. The lowest BCUT2D eigenvalue weighted by atomic mass is 10.0. The van der Waals surface area contributed by atoms with Crippen molar-refractivity contribution in [2.24, 2.45) is 5.92 Å². The van der Waals surface area contributed by atoms with E-state index in [1.165, 1.54) is 23.9 Å². The van der Waals surface area contributed by atoms with E-state index in [2.05, 4.69) is 5.32 Å². The number of carbonyl (C=O) groups is 2. The van der Waals surface area contributed by atoms with Crippen molar-refractivity contribution >= 4 is 52.5 Å². The summed E-state index contributed by atoms with van der Waals surface area (Å²) in [6.45, 7) is 2.28. The highest BCUT2D eigenvalue weighted by Gasteiger charge is 2.39. The molecule has 0 aliphatic carbocycles. The molecule has 4 nitrogen and oxygen atoms in total. The number of para-hydroxylation sites is 1. The lowest BCUT2D eigenvalue weighted by molar-refractivity contribution is -0.128. The van der Waals surface area contributed by atoms with Crippen LogP contribution in [-0.4, -0.2) is 17.1 Å². The van der Waals surface area contributed by atoms with Gasteiger partial charge in [-0.1, -0.05) is 60.5 Å². The minimum absolute atomic E-state index is 0.186. The van der Waals surface area contributed by atoms with Gasteiger partial charge in [0.25, 0.3) is 0 Å². The van der Waals surface area contributed by atoms with Crippen LogP contribution >= 0.6 is 35.0 Å². The van der Waals surface area contributed by atoms with E-state index in [-0.39, 0.29) is 23.4 Å². The Balaban J connectivity index is 1.54. The first kappa shape index (κ1) is 23.6. The topological polar surface area (TPSA) is 49.4 Å². The number of halogens is 3. The molecular weight excluding hydrogens is 482 g/mol. The van der Waals surface area contributed by atoms with E-state index in [0.29, 0.717) is 17.1 Å². The van der Waals surface area contributed by atoms with Gasteiger partial charge in [-0.25, -0.2) is 4.39 Å². The van der Waals surface area contributed by atoms with Crippen molar-refractivity contribution in [3.05, 3.63) is 93.7 Å². The van der Waals surface area contributed by atoms with Gasteiger partial charge >= 0.3 is 0 Å². The molecule has 0 aromatic heterocycles. The number of benzene rings is 3. The normalized spacial score (nSPS) is 16.3. The number of nitrogens with zero attached hydrogens (tertiary/aromatic N) is 1. The van der Waals surface area contributed by atoms with E-state index in [1.807, 2.05) is 36.4 Å². The van der Waals surface area contributed by atoms with Gasteiger partial charge in [0.1, 0.15) is 11.1 Å². The molecular formula is C25H21Cl2FN2O2S. The molecule has 1 N–H and O–H groups in total. The predicted octanol–water partition coefficient (Wildman–Crippen LogP) is 6.09. The van der Waals surface area contributed by atoms with Gasteiger partial charge in [-0.05, 0) is 47.5 Å². The van der Waals surface area contributed by atoms with Crippen molar-refractivity contribution in [1.29, 1.82) is 0 Å². The molecule has 33 heavy (non-hydrogen) atoms. The Labute approximate surface area is 206 Å². The van der Waals surface area contributed by atoms with Crippen molar-refractivity contribution in [1.82, 2.24) is 5.32 Å². The lowest BCUT2D eigenvalue weighted by Crippen LogP contribution is -2.47. The van der Waals surface area contributed by atoms with Crippen molar-refractivity contribution in [3.63, 3.8) is 0 Å². The number of hydrogen-bond donors (Lipinski definition) is 1. The largest absolute Gasteiger partial charge is 0.352 e. The van der Waals surface area contributed by atoms with Gasteiger partial charge in [0.05, 0.1) is 18.2 Å². The van der Waals surface area contributed by atoms with Gasteiger partial charge in [0.15, 0.2) is 0 Å². The van der Waals surface area contributed by atoms with Gasteiger partial charge in [0, 0.05) is 21.5 Å². The molecule has 0 saturated heterocycles. The van der Waals surface area contributed by atoms with Crippen molar-refractivity contribution in [2.45, 2.75) is 30.2 Å². The van der Waals surface area contributed by atoms with Gasteiger partial charge in [0.2, 0.25) is 11.8 Å². The zero-order chi connectivity index (χ0) is 23.5. The second kappa shape index (κ2) is 10.2. The molecule has 0 fully saturated rings. The van der Waals surface area contributed by atoms with Crippen LogP contribution in [0.5, 0.6) is 0 Å². The Morgan fingerprint density at radius 1 is 1.12 bits per heavy atom. The first-order valence-electron chi connectivity index (χ1n) is 10.4. The van der Waals surface area contributed by atoms with Crippen LogP contribution in [0.1, 0.15) is 18.1 Å². The number of amides is 2. The smallest absolute Gasteiger partial charge is 0.241 e. The van der Waals surface area contributed by atoms with E-state index < -0.39 is 17.0 Å². The highest BCUT2D eigenvalue weighted by atomic mass is 35.5. The van der Waals surface area contributed by atoms with Crippen LogP contribution < -0.4 is 10.2 Å². The molecule has 0 unspecified atom stereocenters. The minimum Gasteiger partial charge on any atom is -0.352 e. The predicted molar refractivity (Wildman–Crippen MR) is 131 cm³/mol. The van der Waals surface area contributed by atoms with Crippen LogP contribution in [-0.2, 0) is 22.7 Å². The molecule has 3 aromatic carbocycles. The van der Waals surface area contributed by atoms with Crippen LogP contribution in [0, 0.1) is 11.7 Å². The van der Waals surface area contributed by atoms with Crippen LogP contribution in [0.2, 0.25) is 10.0 Å². The summed E-state index contributed by atoms with van der Waals surface area (Å²) in [6.07, 6.45) is 0. The number of rotatable bonds is 6. The molecule has 1 aliphatic rings. The van der Waals surface area contributed by atoms with Gasteiger partial charge in [-0.3, -0.25) is 9.59 Å².